The van der Waals surface area contributed by atoms with Crippen molar-refractivity contribution in [2.75, 3.05) is 25.6 Å². The minimum atomic E-state index is -0.302. The van der Waals surface area contributed by atoms with Crippen molar-refractivity contribution in [2.45, 2.75) is 12.8 Å². The molecule has 2 N–H and O–H groups in total. The first-order valence-corrected chi connectivity index (χ1v) is 5.86. The molecule has 0 aromatic heterocycles. The molecule has 2 rings (SSSR count). The number of nitrogen functional groups attached to an aromatic ring is 1. The molecule has 17 heavy (non-hydrogen) atoms. The summed E-state index contributed by atoms with van der Waals surface area (Å²) in [5.74, 6) is 0.123. The van der Waals surface area contributed by atoms with E-state index in [0.717, 1.165) is 26.1 Å². The number of anilines is 1. The van der Waals surface area contributed by atoms with Gasteiger partial charge in [-0.3, -0.25) is 0 Å². The second kappa shape index (κ2) is 5.68. The summed E-state index contributed by atoms with van der Waals surface area (Å²) in [6.45, 7) is 2.00. The number of benzene rings is 1. The summed E-state index contributed by atoms with van der Waals surface area (Å²) in [6, 6.07) is 6.84. The van der Waals surface area contributed by atoms with Gasteiger partial charge in [0.1, 0.15) is 0 Å². The molecule has 1 aromatic rings. The van der Waals surface area contributed by atoms with Crippen LogP contribution >= 0.6 is 0 Å². The van der Waals surface area contributed by atoms with Gasteiger partial charge in [0, 0.05) is 18.9 Å². The highest BCUT2D eigenvalue weighted by Gasteiger charge is 2.16. The van der Waals surface area contributed by atoms with E-state index in [0.29, 0.717) is 23.8 Å². The van der Waals surface area contributed by atoms with Gasteiger partial charge in [-0.05, 0) is 37.0 Å². The van der Waals surface area contributed by atoms with Gasteiger partial charge in [-0.15, -0.1) is 0 Å². The van der Waals surface area contributed by atoms with Crippen LogP contribution in [-0.2, 0) is 9.47 Å². The lowest BCUT2D eigenvalue weighted by Gasteiger charge is -2.21. The Bertz CT molecular complexity index is 386. The molecule has 0 spiro atoms. The van der Waals surface area contributed by atoms with E-state index in [-0.39, 0.29) is 5.97 Å². The highest BCUT2D eigenvalue weighted by molar-refractivity contribution is 5.90. The number of esters is 1. The van der Waals surface area contributed by atoms with Crippen LogP contribution in [0.2, 0.25) is 0 Å². The Kier molecular flexibility index (Phi) is 3.98. The molecule has 1 aliphatic rings. The van der Waals surface area contributed by atoms with Crippen molar-refractivity contribution in [3.05, 3.63) is 29.8 Å². The predicted octanol–water partition coefficient (Wildman–Crippen LogP) is 1.85. The van der Waals surface area contributed by atoms with E-state index < -0.39 is 0 Å². The van der Waals surface area contributed by atoms with Crippen molar-refractivity contribution in [1.82, 2.24) is 0 Å². The maximum absolute atomic E-state index is 11.7. The lowest BCUT2D eigenvalue weighted by Crippen LogP contribution is -2.21. The number of carbonyl (C=O) groups is 1. The van der Waals surface area contributed by atoms with Crippen LogP contribution in [0.25, 0.3) is 0 Å². The first-order valence-electron chi connectivity index (χ1n) is 5.86. The Hall–Kier alpha value is -1.55. The van der Waals surface area contributed by atoms with E-state index in [4.69, 9.17) is 15.2 Å². The van der Waals surface area contributed by atoms with Crippen molar-refractivity contribution >= 4 is 11.7 Å². The largest absolute Gasteiger partial charge is 0.462 e. The molecule has 92 valence electrons. The fraction of sp³-hybridized carbons (Fsp3) is 0.462. The van der Waals surface area contributed by atoms with Crippen LogP contribution in [0, 0.1) is 5.92 Å². The minimum absolute atomic E-state index is 0.302. The van der Waals surface area contributed by atoms with Gasteiger partial charge in [0.05, 0.1) is 12.2 Å². The van der Waals surface area contributed by atoms with Crippen LogP contribution in [0.4, 0.5) is 5.69 Å². The summed E-state index contributed by atoms with van der Waals surface area (Å²) in [5, 5.41) is 0. The normalized spacial score (nSPS) is 16.7. The number of carbonyl (C=O) groups excluding carboxylic acids is 1. The number of nitrogens with two attached hydrogens (primary N) is 1. The van der Waals surface area contributed by atoms with Gasteiger partial charge < -0.3 is 15.2 Å². The molecule has 0 bridgehead atoms. The van der Waals surface area contributed by atoms with Crippen LogP contribution in [0.15, 0.2) is 24.3 Å². The standard InChI is InChI=1S/C13H17NO3/c14-12-3-1-2-11(8-12)13(15)17-9-10-4-6-16-7-5-10/h1-3,8,10H,4-7,9,14H2. The van der Waals surface area contributed by atoms with Gasteiger partial charge >= 0.3 is 5.97 Å². The molecule has 0 amide bonds. The predicted molar refractivity (Wildman–Crippen MR) is 64.7 cm³/mol. The van der Waals surface area contributed by atoms with E-state index in [1.165, 1.54) is 0 Å². The lowest BCUT2D eigenvalue weighted by atomic mass is 10.0. The summed E-state index contributed by atoms with van der Waals surface area (Å²) >= 11 is 0. The number of hydrogen-bond donors (Lipinski definition) is 1. The summed E-state index contributed by atoms with van der Waals surface area (Å²) in [4.78, 5) is 11.7. The van der Waals surface area contributed by atoms with Crippen molar-refractivity contribution in [3.8, 4) is 0 Å². The average Bonchev–Trinajstić information content (AvgIpc) is 2.37. The van der Waals surface area contributed by atoms with Gasteiger partial charge in [-0.1, -0.05) is 6.07 Å². The Labute approximate surface area is 101 Å². The summed E-state index contributed by atoms with van der Waals surface area (Å²) in [5.41, 5.74) is 6.70. The van der Waals surface area contributed by atoms with Crippen molar-refractivity contribution in [1.29, 1.82) is 0 Å². The third kappa shape index (κ3) is 3.46. The van der Waals surface area contributed by atoms with Crippen LogP contribution < -0.4 is 5.73 Å². The molecule has 1 saturated heterocycles. The Morgan fingerprint density at radius 1 is 1.41 bits per heavy atom. The maximum Gasteiger partial charge on any atom is 0.338 e. The Morgan fingerprint density at radius 2 is 2.18 bits per heavy atom. The molecular weight excluding hydrogens is 218 g/mol. The monoisotopic (exact) mass is 235 g/mol. The van der Waals surface area contributed by atoms with Crippen LogP contribution in [0.1, 0.15) is 23.2 Å². The van der Waals surface area contributed by atoms with Gasteiger partial charge in [0.25, 0.3) is 0 Å². The van der Waals surface area contributed by atoms with Gasteiger partial charge in [-0.25, -0.2) is 4.79 Å². The summed E-state index contributed by atoms with van der Waals surface area (Å²) < 4.78 is 10.5. The first kappa shape index (κ1) is 11.9. The molecule has 1 fully saturated rings. The zero-order valence-electron chi connectivity index (χ0n) is 9.72. The van der Waals surface area contributed by atoms with Gasteiger partial charge in [0.15, 0.2) is 0 Å². The highest BCUT2D eigenvalue weighted by Crippen LogP contribution is 2.16. The SMILES string of the molecule is Nc1cccc(C(=O)OCC2CCOCC2)c1. The lowest BCUT2D eigenvalue weighted by molar-refractivity contribution is 0.0185. The molecule has 0 atom stereocenters. The molecular formula is C13H17NO3. The fourth-order valence-corrected chi connectivity index (χ4v) is 1.86. The quantitative estimate of drug-likeness (QED) is 0.641. The number of hydrogen-bond acceptors (Lipinski definition) is 4. The molecule has 4 nitrogen and oxygen atoms in total. The van der Waals surface area contributed by atoms with Crippen LogP contribution in [-0.4, -0.2) is 25.8 Å². The smallest absolute Gasteiger partial charge is 0.338 e. The Morgan fingerprint density at radius 3 is 2.88 bits per heavy atom. The van der Waals surface area contributed by atoms with Gasteiger partial charge in [-0.2, -0.15) is 0 Å². The fourth-order valence-electron chi connectivity index (χ4n) is 1.86. The van der Waals surface area contributed by atoms with Crippen molar-refractivity contribution in [3.63, 3.8) is 0 Å². The number of ether oxygens (including phenoxy) is 2. The summed E-state index contributed by atoms with van der Waals surface area (Å²) in [6.07, 6.45) is 1.93. The number of rotatable bonds is 3. The summed E-state index contributed by atoms with van der Waals surface area (Å²) in [7, 11) is 0. The first-order chi connectivity index (χ1) is 8.25. The zero-order chi connectivity index (χ0) is 12.1. The average molecular weight is 235 g/mol. The molecule has 0 radical (unpaired) electrons. The zero-order valence-corrected chi connectivity index (χ0v) is 9.72. The molecule has 4 heteroatoms. The highest BCUT2D eigenvalue weighted by atomic mass is 16.5. The van der Waals surface area contributed by atoms with E-state index in [1.54, 1.807) is 24.3 Å². The van der Waals surface area contributed by atoms with E-state index >= 15 is 0 Å². The van der Waals surface area contributed by atoms with E-state index in [9.17, 15) is 4.79 Å². The third-order valence-electron chi connectivity index (χ3n) is 2.91. The maximum atomic E-state index is 11.7. The molecule has 0 saturated carbocycles. The molecule has 1 heterocycles. The third-order valence-corrected chi connectivity index (χ3v) is 2.91. The van der Waals surface area contributed by atoms with E-state index in [2.05, 4.69) is 0 Å². The Balaban J connectivity index is 1.84. The second-order valence-corrected chi connectivity index (χ2v) is 4.28. The van der Waals surface area contributed by atoms with Crippen LogP contribution in [0.3, 0.4) is 0 Å². The minimum Gasteiger partial charge on any atom is -0.462 e. The molecule has 0 unspecified atom stereocenters. The van der Waals surface area contributed by atoms with E-state index in [1.807, 2.05) is 0 Å². The van der Waals surface area contributed by atoms with Crippen molar-refractivity contribution in [2.24, 2.45) is 5.92 Å². The van der Waals surface area contributed by atoms with Crippen molar-refractivity contribution < 1.29 is 14.3 Å². The molecule has 0 aliphatic carbocycles. The molecule has 1 aromatic carbocycles. The molecule has 1 aliphatic heterocycles. The second-order valence-electron chi connectivity index (χ2n) is 4.28. The van der Waals surface area contributed by atoms with Gasteiger partial charge in [0.2, 0.25) is 0 Å². The topological polar surface area (TPSA) is 61.6 Å². The van der Waals surface area contributed by atoms with Crippen LogP contribution in [0.5, 0.6) is 0 Å².